The summed E-state index contributed by atoms with van der Waals surface area (Å²) in [5, 5.41) is 60.4. The molecule has 132 heavy (non-hydrogen) atoms. The quantitative estimate of drug-likeness (QED) is 0.0117. The molecule has 36 heteroatoms. The van der Waals surface area contributed by atoms with Crippen LogP contribution in [0.4, 0.5) is 23.7 Å². The zero-order chi connectivity index (χ0) is 93.6. The van der Waals surface area contributed by atoms with E-state index >= 15 is 0 Å². The number of methoxy groups -OCH3 is 3. The van der Waals surface area contributed by atoms with Crippen LogP contribution in [0.5, 0.6) is 0 Å². The van der Waals surface area contributed by atoms with Crippen LogP contribution in [0.15, 0.2) is 118 Å². The Morgan fingerprint density at radius 1 is 0.742 bits per heavy atom. The lowest BCUT2D eigenvalue weighted by molar-refractivity contribution is -0.265. The number of carbonyl (C=O) groups excluding carboxylic acids is 6. The van der Waals surface area contributed by atoms with Crippen LogP contribution in [-0.4, -0.2) is 275 Å². The predicted molar refractivity (Wildman–Crippen MR) is 492 cm³/mol. The number of ketones is 1. The van der Waals surface area contributed by atoms with Crippen molar-refractivity contribution in [2.75, 3.05) is 115 Å². The molecule has 3 saturated heterocycles. The second-order valence-corrected chi connectivity index (χ2v) is 36.6. The molecule has 0 radical (unpaired) electrons. The Labute approximate surface area is 769 Å². The van der Waals surface area contributed by atoms with Crippen LogP contribution in [-0.2, 0) is 89.7 Å². The molecule has 1 aliphatic carbocycles. The van der Waals surface area contributed by atoms with E-state index in [-0.39, 0.29) is 99.6 Å². The first-order valence-corrected chi connectivity index (χ1v) is 46.4. The molecule has 710 valence electrons. The Balaban J connectivity index is 0.543. The minimum absolute atomic E-state index is 0.0422. The van der Waals surface area contributed by atoms with Gasteiger partial charge < -0.3 is 99.4 Å². The Morgan fingerprint density at radius 2 is 1.51 bits per heavy atom. The maximum absolute atomic E-state index is 14.8. The average molecular weight is 1820 g/mol. The number of carbonyl (C=O) groups is 6. The van der Waals surface area contributed by atoms with E-state index in [1.54, 1.807) is 70.6 Å². The molecule has 9 N–H and O–H groups in total. The number of anilines is 4. The first kappa shape index (κ1) is 96.9. The fourth-order valence-corrected chi connectivity index (χ4v) is 19.4. The summed E-state index contributed by atoms with van der Waals surface area (Å²) in [6.45, 7) is 17.6. The number of nitrogens with zero attached hydrogens (tertiary/aromatic N) is 15. The van der Waals surface area contributed by atoms with Crippen LogP contribution in [0.3, 0.4) is 0 Å². The number of amides is 4. The number of allylic oxidation sites excluding steroid dienone is 5. The molecule has 4 fully saturated rings. The van der Waals surface area contributed by atoms with Gasteiger partial charge in [0.2, 0.25) is 23.6 Å². The largest absolute Gasteiger partial charge is 0.460 e. The summed E-state index contributed by atoms with van der Waals surface area (Å²) < 4.78 is 43.5. The Kier molecular flexibility index (Phi) is 32.4. The summed E-state index contributed by atoms with van der Waals surface area (Å²) in [4.78, 5) is 132. The van der Waals surface area contributed by atoms with Crippen LogP contribution in [0.25, 0.3) is 33.4 Å². The average Bonchev–Trinajstić information content (AvgIpc) is 1.49. The lowest BCUT2D eigenvalue weighted by Crippen LogP contribution is -2.61. The van der Waals surface area contributed by atoms with Gasteiger partial charge >= 0.3 is 5.97 Å². The van der Waals surface area contributed by atoms with Gasteiger partial charge in [-0.1, -0.05) is 94.4 Å². The number of Topliss-reactive ketones (excluding diaryl/α,β-unsaturated/α-hetero) is 1. The molecule has 36 nitrogen and oxygen atoms in total. The number of piperidine rings is 1. The van der Waals surface area contributed by atoms with E-state index in [0.717, 1.165) is 39.1 Å². The van der Waals surface area contributed by atoms with Gasteiger partial charge in [-0.15, -0.1) is 0 Å². The predicted octanol–water partition coefficient (Wildman–Crippen LogP) is 8.15. The highest BCUT2D eigenvalue weighted by molar-refractivity contribution is 6.39. The van der Waals surface area contributed by atoms with Crippen molar-refractivity contribution in [2.45, 2.75) is 225 Å². The second kappa shape index (κ2) is 44.2. The summed E-state index contributed by atoms with van der Waals surface area (Å²) in [5.74, 6) is -6.76. The third-order valence-electron chi connectivity index (χ3n) is 27.2. The molecule has 1 saturated carbocycles. The Morgan fingerprint density at radius 3 is 2.28 bits per heavy atom. The zero-order valence-electron chi connectivity index (χ0n) is 77.3. The van der Waals surface area contributed by atoms with Crippen molar-refractivity contribution < 1.29 is 86.9 Å². The van der Waals surface area contributed by atoms with E-state index in [4.69, 9.17) is 64.2 Å². The number of rotatable bonds is 21. The van der Waals surface area contributed by atoms with Gasteiger partial charge in [0.25, 0.3) is 29.5 Å². The SMILES string of the molecule is CO[C@H]1C[C@@H]2CC[C@@H](C)[C@@](O)(O2)C(=O)C(=O)N2CCCC[C@H]2C(=O)O[C@H]([C@H](C)C[C@@H]2CC[C@@H](O)[C@H](OC)C2)C[C@@H](O)[C@H](C)/C=C(\C)[C@@H](O)[C@@H](OC)/C(=N/OCC(=O)NCCOCCC(=O)N2CCc3nc(N4CCN(c5ncc(C(=O)N6CCc7cc(Cn8nc(-c9ccc%10oc(N)nc%10c9)c9c(N)ncnc98)ccc7C6)cn5)CC4)ncc3C2)[C@H](C)C[C@H](C)/C=C/C=CC=C1C. The number of aliphatic hydroxyl groups excluding tert-OH is 3. The van der Waals surface area contributed by atoms with Crippen LogP contribution in [0.2, 0.25) is 0 Å². The lowest BCUT2D eigenvalue weighted by Gasteiger charge is -2.43. The highest BCUT2D eigenvalue weighted by Gasteiger charge is 2.53. The number of benzene rings is 2. The summed E-state index contributed by atoms with van der Waals surface area (Å²) in [5.41, 5.74) is 22.4. The molecule has 7 aromatic rings. The molecule has 7 aliphatic rings. The number of fused-ring (bicyclic) bond motifs is 7. The van der Waals surface area contributed by atoms with Crippen molar-refractivity contribution in [2.24, 2.45) is 40.7 Å². The number of hydrogen-bond donors (Lipinski definition) is 7. The monoisotopic (exact) mass is 1820 g/mol. The molecule has 0 spiro atoms. The maximum atomic E-state index is 14.8. The highest BCUT2D eigenvalue weighted by Crippen LogP contribution is 2.40. The first-order chi connectivity index (χ1) is 63.5. The van der Waals surface area contributed by atoms with Crippen molar-refractivity contribution in [1.82, 2.24) is 64.7 Å². The molecule has 2 aromatic carbocycles. The van der Waals surface area contributed by atoms with Gasteiger partial charge in [-0.3, -0.25) is 24.0 Å². The van der Waals surface area contributed by atoms with Crippen LogP contribution >= 0.6 is 0 Å². The van der Waals surface area contributed by atoms with Crippen LogP contribution < -0.4 is 26.6 Å². The van der Waals surface area contributed by atoms with Gasteiger partial charge in [0.15, 0.2) is 17.8 Å². The Bertz CT molecular complexity index is 5380. The third kappa shape index (κ3) is 23.2. The molecule has 2 bridgehead atoms. The van der Waals surface area contributed by atoms with E-state index in [1.807, 2.05) is 85.9 Å². The second-order valence-electron chi connectivity index (χ2n) is 36.6. The van der Waals surface area contributed by atoms with Crippen molar-refractivity contribution >= 4 is 87.0 Å². The van der Waals surface area contributed by atoms with Gasteiger partial charge in [0.1, 0.15) is 47.7 Å². The molecule has 11 heterocycles. The van der Waals surface area contributed by atoms with Crippen molar-refractivity contribution in [3.8, 4) is 11.3 Å². The molecular formula is C96H128N18O18. The standard InChI is InChI=1S/C96H128N18O18/c1-56-16-12-11-13-17-57(2)77(125-8)46-70-24-19-62(7)96(124,132-70)87(120)91(122)113-31-15-14-18-73(113)92(123)130-78(59(4)42-63-21-25-74(115)79(44-63)126-9)47-75(116)58(3)41-61(6)85(119)86(127-10)83(60(5)40-56)108-129-54-80(117)99-30-39-128-38-29-81(118)111-33-28-71-69(53-111)50-102-95(106-71)110-36-34-109(35-37-110)94-100-48-68(49-101-94)90(121)112-32-27-65-43-64(20-22-67(65)52-112)51-114-89-82(88(97)103-55-104-89)84(107-114)66-23-26-76-72(45-66)105-93(98)131-76/h11-13,16-17,20,22-23,26,41,43,45,48-50,55-56,58-60,62-63,70,73-75,77-79,85-86,115-116,119,124H,14-15,18-19,21,24-25,27-40,42,44,46-47,51-54H2,1-10H3,(H2,98,105)(H,99,117)(H2,97,103,104)/b13-11?,16-12+,57-17?,61-41+,108-83+/t56-,58-,59-,60-,62-,63+,70+,73+,74-,75-,77+,78+,79-,85-,86+,96-/m1/s1. The number of aliphatic hydroxyl groups is 4. The number of ether oxygens (including phenoxy) is 6. The van der Waals surface area contributed by atoms with Gasteiger partial charge in [0.05, 0.1) is 79.1 Å². The van der Waals surface area contributed by atoms with E-state index in [1.165, 1.54) is 18.3 Å². The maximum Gasteiger partial charge on any atom is 0.329 e. The van der Waals surface area contributed by atoms with Gasteiger partial charge in [-0.25, -0.2) is 39.4 Å². The first-order valence-electron chi connectivity index (χ1n) is 46.4. The van der Waals surface area contributed by atoms with Gasteiger partial charge in [-0.2, -0.15) is 10.1 Å². The minimum Gasteiger partial charge on any atom is -0.460 e. The van der Waals surface area contributed by atoms with Crippen LogP contribution in [0, 0.1) is 35.5 Å². The van der Waals surface area contributed by atoms with E-state index in [0.29, 0.717) is 192 Å². The van der Waals surface area contributed by atoms with E-state index in [2.05, 4.69) is 57.3 Å². The fourth-order valence-electron chi connectivity index (χ4n) is 19.4. The number of oxime groups is 1. The fraction of sp³-hybridized carbons (Fsp3) is 0.573. The van der Waals surface area contributed by atoms with Crippen molar-refractivity contribution in [3.63, 3.8) is 0 Å². The van der Waals surface area contributed by atoms with Crippen molar-refractivity contribution in [1.29, 1.82) is 0 Å². The van der Waals surface area contributed by atoms with Crippen LogP contribution in [0.1, 0.15) is 170 Å². The molecule has 0 unspecified atom stereocenters. The number of esters is 1. The van der Waals surface area contributed by atoms with Gasteiger partial charge in [0, 0.05) is 154 Å². The highest BCUT2D eigenvalue weighted by atomic mass is 16.6. The van der Waals surface area contributed by atoms with Gasteiger partial charge in [-0.05, 0) is 148 Å². The van der Waals surface area contributed by atoms with E-state index in [9.17, 15) is 49.2 Å². The Hall–Kier alpha value is -11.1. The number of nitrogens with one attached hydrogen (secondary N) is 1. The molecule has 4 amide bonds. The molecule has 6 aliphatic heterocycles. The number of nitrogen functional groups attached to an aromatic ring is 2. The smallest absolute Gasteiger partial charge is 0.329 e. The number of oxazole rings is 1. The lowest BCUT2D eigenvalue weighted by atomic mass is 9.78. The number of cyclic esters (lactones) is 1. The molecule has 14 rings (SSSR count). The minimum atomic E-state index is -2.47. The number of hydrogen-bond acceptors (Lipinski definition) is 31. The number of aromatic nitrogens is 9. The summed E-state index contributed by atoms with van der Waals surface area (Å²) in [6.07, 6.45) is 17.8. The number of piperazine rings is 1. The van der Waals surface area contributed by atoms with E-state index < -0.39 is 96.6 Å². The topological polar surface area (TPSA) is 462 Å². The number of nitrogens with two attached hydrogens (primary N) is 2. The molecule has 5 aromatic heterocycles. The zero-order valence-corrected chi connectivity index (χ0v) is 77.3. The normalized spacial score (nSPS) is 27.8. The molecule has 16 atom stereocenters. The molecular weight excluding hydrogens is 1690 g/mol. The summed E-state index contributed by atoms with van der Waals surface area (Å²) in [6, 6.07) is 10.7. The summed E-state index contributed by atoms with van der Waals surface area (Å²) >= 11 is 0. The van der Waals surface area contributed by atoms with Crippen molar-refractivity contribution in [3.05, 3.63) is 142 Å². The third-order valence-corrected chi connectivity index (χ3v) is 27.2. The summed E-state index contributed by atoms with van der Waals surface area (Å²) in [7, 11) is 4.59.